The number of hydrogen-bond acceptors (Lipinski definition) is 3. The van der Waals surface area contributed by atoms with Crippen molar-refractivity contribution < 1.29 is 4.79 Å². The topological polar surface area (TPSA) is 64.0 Å². The SMILES string of the molecule is Cc1cccc(-c2nc3ccccc3c(=O)n2CC(=O)Nc2ccc(C)cc2C)c1. The first kappa shape index (κ1) is 19.6. The lowest BCUT2D eigenvalue weighted by molar-refractivity contribution is -0.116. The van der Waals surface area contributed by atoms with Crippen molar-refractivity contribution in [3.05, 3.63) is 93.8 Å². The summed E-state index contributed by atoms with van der Waals surface area (Å²) in [4.78, 5) is 30.8. The first-order valence-electron chi connectivity index (χ1n) is 9.86. The van der Waals surface area contributed by atoms with Gasteiger partial charge < -0.3 is 5.32 Å². The number of hydrogen-bond donors (Lipinski definition) is 1. The quantitative estimate of drug-likeness (QED) is 0.546. The molecule has 3 aromatic carbocycles. The van der Waals surface area contributed by atoms with Gasteiger partial charge in [-0.15, -0.1) is 0 Å². The second-order valence-electron chi connectivity index (χ2n) is 7.58. The molecule has 4 rings (SSSR count). The Balaban J connectivity index is 1.78. The van der Waals surface area contributed by atoms with E-state index in [-0.39, 0.29) is 18.0 Å². The summed E-state index contributed by atoms with van der Waals surface area (Å²) < 4.78 is 1.45. The number of rotatable bonds is 4. The van der Waals surface area contributed by atoms with Gasteiger partial charge in [-0.25, -0.2) is 4.98 Å². The number of carbonyl (C=O) groups is 1. The van der Waals surface area contributed by atoms with Crippen LogP contribution in [0.4, 0.5) is 5.69 Å². The van der Waals surface area contributed by atoms with E-state index in [1.165, 1.54) is 4.57 Å². The largest absolute Gasteiger partial charge is 0.324 e. The zero-order valence-electron chi connectivity index (χ0n) is 17.3. The molecular weight excluding hydrogens is 374 g/mol. The van der Waals surface area contributed by atoms with Crippen LogP contribution in [0.3, 0.4) is 0 Å². The molecule has 0 aliphatic carbocycles. The smallest absolute Gasteiger partial charge is 0.262 e. The summed E-state index contributed by atoms with van der Waals surface area (Å²) >= 11 is 0. The minimum Gasteiger partial charge on any atom is -0.324 e. The van der Waals surface area contributed by atoms with Crippen LogP contribution in [0.2, 0.25) is 0 Å². The highest BCUT2D eigenvalue weighted by molar-refractivity contribution is 5.92. The zero-order chi connectivity index (χ0) is 21.3. The number of nitrogens with one attached hydrogen (secondary N) is 1. The Hall–Kier alpha value is -3.73. The van der Waals surface area contributed by atoms with Gasteiger partial charge in [-0.05, 0) is 50.6 Å². The van der Waals surface area contributed by atoms with Crippen molar-refractivity contribution in [2.45, 2.75) is 27.3 Å². The molecule has 1 aromatic heterocycles. The number of para-hydroxylation sites is 1. The molecule has 0 bridgehead atoms. The minimum absolute atomic E-state index is 0.118. The van der Waals surface area contributed by atoms with E-state index in [2.05, 4.69) is 5.32 Å². The first-order chi connectivity index (χ1) is 14.4. The molecule has 150 valence electrons. The Morgan fingerprint density at radius 3 is 2.47 bits per heavy atom. The van der Waals surface area contributed by atoms with Crippen molar-refractivity contribution in [1.29, 1.82) is 0 Å². The third-order valence-electron chi connectivity index (χ3n) is 5.10. The second-order valence-corrected chi connectivity index (χ2v) is 7.58. The number of amides is 1. The maximum absolute atomic E-state index is 13.3. The Bertz CT molecular complexity index is 1320. The van der Waals surface area contributed by atoms with E-state index in [1.807, 2.05) is 75.4 Å². The summed E-state index contributed by atoms with van der Waals surface area (Å²) in [6, 6.07) is 20.8. The normalized spacial score (nSPS) is 10.9. The van der Waals surface area contributed by atoms with Crippen LogP contribution in [0.5, 0.6) is 0 Å². The highest BCUT2D eigenvalue weighted by Gasteiger charge is 2.16. The Labute approximate surface area is 175 Å². The maximum Gasteiger partial charge on any atom is 0.262 e. The molecule has 0 unspecified atom stereocenters. The van der Waals surface area contributed by atoms with E-state index in [0.29, 0.717) is 16.7 Å². The molecule has 1 amide bonds. The Morgan fingerprint density at radius 1 is 0.933 bits per heavy atom. The van der Waals surface area contributed by atoms with Crippen LogP contribution in [-0.4, -0.2) is 15.5 Å². The summed E-state index contributed by atoms with van der Waals surface area (Å²) in [6.45, 7) is 5.82. The summed E-state index contributed by atoms with van der Waals surface area (Å²) in [6.07, 6.45) is 0. The molecule has 0 spiro atoms. The number of aromatic nitrogens is 2. The third-order valence-corrected chi connectivity index (χ3v) is 5.10. The predicted molar refractivity (Wildman–Crippen MR) is 121 cm³/mol. The third kappa shape index (κ3) is 3.87. The average molecular weight is 397 g/mol. The molecule has 5 heteroatoms. The molecule has 1 heterocycles. The molecule has 0 saturated carbocycles. The van der Waals surface area contributed by atoms with Gasteiger partial charge in [0.1, 0.15) is 12.4 Å². The van der Waals surface area contributed by atoms with Gasteiger partial charge in [0.2, 0.25) is 5.91 Å². The number of benzene rings is 3. The number of carbonyl (C=O) groups excluding carboxylic acids is 1. The predicted octanol–water partition coefficient (Wildman–Crippen LogP) is 4.63. The van der Waals surface area contributed by atoms with E-state index in [1.54, 1.807) is 12.1 Å². The van der Waals surface area contributed by atoms with E-state index < -0.39 is 0 Å². The average Bonchev–Trinajstić information content (AvgIpc) is 2.72. The van der Waals surface area contributed by atoms with E-state index >= 15 is 0 Å². The van der Waals surface area contributed by atoms with Crippen LogP contribution in [0, 0.1) is 20.8 Å². The molecule has 0 fully saturated rings. The van der Waals surface area contributed by atoms with E-state index in [0.717, 1.165) is 27.9 Å². The van der Waals surface area contributed by atoms with Crippen molar-refractivity contribution in [2.24, 2.45) is 0 Å². The molecule has 0 aliphatic rings. The standard InChI is InChI=1S/C25H23N3O2/c1-16-7-6-8-19(14-16)24-27-22-10-5-4-9-20(22)25(30)28(24)15-23(29)26-21-12-11-17(2)13-18(21)3/h4-14H,15H2,1-3H3,(H,26,29). The highest BCUT2D eigenvalue weighted by atomic mass is 16.2. The molecule has 30 heavy (non-hydrogen) atoms. The molecule has 0 radical (unpaired) electrons. The fourth-order valence-electron chi connectivity index (χ4n) is 3.61. The highest BCUT2D eigenvalue weighted by Crippen LogP contribution is 2.21. The molecular formula is C25H23N3O2. The first-order valence-corrected chi connectivity index (χ1v) is 9.86. The Kier molecular flexibility index (Phi) is 5.19. The summed E-state index contributed by atoms with van der Waals surface area (Å²) in [5.74, 6) is 0.216. The zero-order valence-corrected chi connectivity index (χ0v) is 17.3. The molecule has 1 N–H and O–H groups in total. The van der Waals surface area contributed by atoms with Crippen LogP contribution >= 0.6 is 0 Å². The van der Waals surface area contributed by atoms with Crippen molar-refractivity contribution in [3.63, 3.8) is 0 Å². The van der Waals surface area contributed by atoms with Crippen molar-refractivity contribution in [3.8, 4) is 11.4 Å². The fraction of sp³-hybridized carbons (Fsp3) is 0.160. The molecule has 5 nitrogen and oxygen atoms in total. The Morgan fingerprint density at radius 2 is 1.70 bits per heavy atom. The van der Waals surface area contributed by atoms with Gasteiger partial charge in [0, 0.05) is 11.3 Å². The van der Waals surface area contributed by atoms with Gasteiger partial charge in [-0.3, -0.25) is 14.2 Å². The molecule has 0 atom stereocenters. The summed E-state index contributed by atoms with van der Waals surface area (Å²) in [7, 11) is 0. The van der Waals surface area contributed by atoms with Crippen LogP contribution in [-0.2, 0) is 11.3 Å². The van der Waals surface area contributed by atoms with Gasteiger partial charge in [0.05, 0.1) is 10.9 Å². The molecule has 4 aromatic rings. The maximum atomic E-state index is 13.3. The van der Waals surface area contributed by atoms with Crippen LogP contribution in [0.25, 0.3) is 22.3 Å². The fourth-order valence-corrected chi connectivity index (χ4v) is 3.61. The summed E-state index contributed by atoms with van der Waals surface area (Å²) in [5, 5.41) is 3.42. The van der Waals surface area contributed by atoms with Gasteiger partial charge in [0.25, 0.3) is 5.56 Å². The molecule has 0 aliphatic heterocycles. The van der Waals surface area contributed by atoms with Crippen molar-refractivity contribution in [1.82, 2.24) is 9.55 Å². The van der Waals surface area contributed by atoms with Gasteiger partial charge in [0.15, 0.2) is 0 Å². The second kappa shape index (κ2) is 7.95. The van der Waals surface area contributed by atoms with E-state index in [4.69, 9.17) is 4.98 Å². The van der Waals surface area contributed by atoms with E-state index in [9.17, 15) is 9.59 Å². The number of anilines is 1. The monoisotopic (exact) mass is 397 g/mol. The van der Waals surface area contributed by atoms with Crippen LogP contribution < -0.4 is 10.9 Å². The van der Waals surface area contributed by atoms with Crippen LogP contribution in [0.15, 0.2) is 71.5 Å². The van der Waals surface area contributed by atoms with Gasteiger partial charge >= 0.3 is 0 Å². The minimum atomic E-state index is -0.268. The lowest BCUT2D eigenvalue weighted by Gasteiger charge is -2.15. The number of aryl methyl sites for hydroxylation is 3. The number of fused-ring (bicyclic) bond motifs is 1. The number of nitrogens with zero attached hydrogens (tertiary/aromatic N) is 2. The lowest BCUT2D eigenvalue weighted by Crippen LogP contribution is -2.30. The van der Waals surface area contributed by atoms with Gasteiger partial charge in [-0.1, -0.05) is 53.6 Å². The lowest BCUT2D eigenvalue weighted by atomic mass is 10.1. The molecule has 0 saturated heterocycles. The van der Waals surface area contributed by atoms with Gasteiger partial charge in [-0.2, -0.15) is 0 Å². The van der Waals surface area contributed by atoms with Crippen molar-refractivity contribution in [2.75, 3.05) is 5.32 Å². The summed E-state index contributed by atoms with van der Waals surface area (Å²) in [5.41, 5.74) is 5.09. The van der Waals surface area contributed by atoms with Crippen molar-refractivity contribution >= 4 is 22.5 Å². The van der Waals surface area contributed by atoms with Crippen LogP contribution in [0.1, 0.15) is 16.7 Å².